The molecule has 3 rings (SSSR count). The predicted molar refractivity (Wildman–Crippen MR) is 75.6 cm³/mol. The topological polar surface area (TPSA) is 32.3 Å². The maximum Gasteiger partial charge on any atom is 0.241 e. The molecule has 0 radical (unpaired) electrons. The van der Waals surface area contributed by atoms with E-state index in [0.29, 0.717) is 11.9 Å². The average molecular weight is 258 g/mol. The Hall–Kier alpha value is -1.35. The minimum Gasteiger partial charge on any atom is -0.326 e. The normalized spacial score (nSPS) is 30.5. The molecule has 1 saturated carbocycles. The Balaban J connectivity index is 1.51. The van der Waals surface area contributed by atoms with Crippen molar-refractivity contribution in [1.82, 2.24) is 10.2 Å². The van der Waals surface area contributed by atoms with E-state index in [-0.39, 0.29) is 6.04 Å². The molecular formula is C16H22N2O. The molecule has 102 valence electrons. The van der Waals surface area contributed by atoms with Gasteiger partial charge in [0.15, 0.2) is 0 Å². The first-order valence-corrected chi connectivity index (χ1v) is 7.32. The van der Waals surface area contributed by atoms with Crippen LogP contribution in [0.5, 0.6) is 0 Å². The lowest BCUT2D eigenvalue weighted by molar-refractivity contribution is -0.133. The van der Waals surface area contributed by atoms with Crippen LogP contribution in [0.15, 0.2) is 30.3 Å². The molecule has 3 heteroatoms. The van der Waals surface area contributed by atoms with Crippen molar-refractivity contribution in [3.63, 3.8) is 0 Å². The van der Waals surface area contributed by atoms with E-state index in [1.807, 2.05) is 6.07 Å². The van der Waals surface area contributed by atoms with E-state index in [9.17, 15) is 4.79 Å². The van der Waals surface area contributed by atoms with E-state index < -0.39 is 0 Å². The molecule has 2 aliphatic rings. The molecule has 1 amide bonds. The number of hydrogen-bond donors (Lipinski definition) is 1. The van der Waals surface area contributed by atoms with Crippen molar-refractivity contribution < 1.29 is 4.79 Å². The summed E-state index contributed by atoms with van der Waals surface area (Å²) in [6.45, 7) is 3.01. The summed E-state index contributed by atoms with van der Waals surface area (Å²) in [5, 5.41) is 3.37. The summed E-state index contributed by atoms with van der Waals surface area (Å²) in [5.74, 6) is 1.11. The molecular weight excluding hydrogens is 236 g/mol. The first-order chi connectivity index (χ1) is 9.24. The highest BCUT2D eigenvalue weighted by Gasteiger charge is 2.39. The lowest BCUT2D eigenvalue weighted by Crippen LogP contribution is -2.45. The van der Waals surface area contributed by atoms with Gasteiger partial charge in [-0.2, -0.15) is 0 Å². The Morgan fingerprint density at radius 3 is 2.68 bits per heavy atom. The van der Waals surface area contributed by atoms with E-state index in [2.05, 4.69) is 41.4 Å². The number of nitrogens with zero attached hydrogens (tertiary/aromatic N) is 1. The van der Waals surface area contributed by atoms with Crippen LogP contribution >= 0.6 is 0 Å². The van der Waals surface area contributed by atoms with Gasteiger partial charge in [-0.05, 0) is 37.2 Å². The van der Waals surface area contributed by atoms with Gasteiger partial charge in [-0.3, -0.25) is 10.1 Å². The molecule has 0 bridgehead atoms. The Kier molecular flexibility index (Phi) is 3.56. The van der Waals surface area contributed by atoms with Gasteiger partial charge in [-0.15, -0.1) is 0 Å². The van der Waals surface area contributed by atoms with Crippen molar-refractivity contribution >= 4 is 5.91 Å². The highest BCUT2D eigenvalue weighted by Crippen LogP contribution is 2.32. The third-order valence-electron chi connectivity index (χ3n) is 4.44. The molecule has 1 heterocycles. The largest absolute Gasteiger partial charge is 0.326 e. The lowest BCUT2D eigenvalue weighted by atomic mass is 9.81. The van der Waals surface area contributed by atoms with E-state index in [4.69, 9.17) is 0 Å². The van der Waals surface area contributed by atoms with Crippen LogP contribution in [0.2, 0.25) is 0 Å². The zero-order chi connectivity index (χ0) is 13.2. The first-order valence-electron chi connectivity index (χ1n) is 7.32. The molecule has 0 spiro atoms. The molecule has 3 nitrogen and oxygen atoms in total. The quantitative estimate of drug-likeness (QED) is 0.897. The first kappa shape index (κ1) is 12.7. The van der Waals surface area contributed by atoms with Crippen LogP contribution < -0.4 is 5.32 Å². The van der Waals surface area contributed by atoms with Crippen molar-refractivity contribution in [3.8, 4) is 0 Å². The van der Waals surface area contributed by atoms with Gasteiger partial charge in [0.2, 0.25) is 5.91 Å². The fraction of sp³-hybridized carbons (Fsp3) is 0.562. The van der Waals surface area contributed by atoms with Crippen molar-refractivity contribution in [2.75, 3.05) is 6.67 Å². The van der Waals surface area contributed by atoms with Gasteiger partial charge >= 0.3 is 0 Å². The van der Waals surface area contributed by atoms with Crippen molar-refractivity contribution in [3.05, 3.63) is 35.9 Å². The number of carbonyl (C=O) groups excluding carboxylic acids is 1. The fourth-order valence-corrected chi connectivity index (χ4v) is 3.18. The minimum absolute atomic E-state index is 0.0242. The molecule has 1 aliphatic heterocycles. The standard InChI is InChI=1S/C16H22N2O/c1-12-9-14(10-12)18-11-17-15(16(18)19)8-7-13-5-3-2-4-6-13/h2-6,12,14-15,17H,7-11H2,1H3. The molecule has 1 aliphatic carbocycles. The number of carbonyl (C=O) groups is 1. The summed E-state index contributed by atoms with van der Waals surface area (Å²) in [6, 6.07) is 10.9. The zero-order valence-electron chi connectivity index (χ0n) is 11.5. The van der Waals surface area contributed by atoms with Gasteiger partial charge in [0.25, 0.3) is 0 Å². The van der Waals surface area contributed by atoms with Gasteiger partial charge in [0.1, 0.15) is 0 Å². The molecule has 1 atom stereocenters. The molecule has 1 aromatic rings. The van der Waals surface area contributed by atoms with Crippen LogP contribution in [-0.2, 0) is 11.2 Å². The Labute approximate surface area is 115 Å². The average Bonchev–Trinajstić information content (AvgIpc) is 2.75. The Morgan fingerprint density at radius 1 is 1.26 bits per heavy atom. The summed E-state index contributed by atoms with van der Waals surface area (Å²) >= 11 is 0. The molecule has 19 heavy (non-hydrogen) atoms. The van der Waals surface area contributed by atoms with E-state index >= 15 is 0 Å². The number of benzene rings is 1. The number of hydrogen-bond acceptors (Lipinski definition) is 2. The van der Waals surface area contributed by atoms with Crippen molar-refractivity contribution in [1.29, 1.82) is 0 Å². The van der Waals surface area contributed by atoms with Gasteiger partial charge < -0.3 is 4.90 Å². The second-order valence-electron chi connectivity index (χ2n) is 5.98. The second-order valence-corrected chi connectivity index (χ2v) is 5.98. The SMILES string of the molecule is CC1CC(N2CNC(CCc3ccccc3)C2=O)C1. The molecule has 1 saturated heterocycles. The summed E-state index contributed by atoms with van der Waals surface area (Å²) in [4.78, 5) is 14.4. The van der Waals surface area contributed by atoms with Gasteiger partial charge in [-0.25, -0.2) is 0 Å². The molecule has 1 unspecified atom stereocenters. The number of aryl methyl sites for hydroxylation is 1. The smallest absolute Gasteiger partial charge is 0.241 e. The Morgan fingerprint density at radius 2 is 2.00 bits per heavy atom. The zero-order valence-corrected chi connectivity index (χ0v) is 11.5. The van der Waals surface area contributed by atoms with Crippen molar-refractivity contribution in [2.45, 2.75) is 44.7 Å². The number of amides is 1. The Bertz CT molecular complexity index is 439. The van der Waals surface area contributed by atoms with Crippen LogP contribution in [0.1, 0.15) is 31.7 Å². The maximum absolute atomic E-state index is 12.3. The summed E-state index contributed by atoms with van der Waals surface area (Å²) in [6.07, 6.45) is 4.23. The molecule has 0 aromatic heterocycles. The summed E-state index contributed by atoms with van der Waals surface area (Å²) < 4.78 is 0. The van der Waals surface area contributed by atoms with Gasteiger partial charge in [-0.1, -0.05) is 37.3 Å². The summed E-state index contributed by atoms with van der Waals surface area (Å²) in [7, 11) is 0. The van der Waals surface area contributed by atoms with Crippen LogP contribution in [0, 0.1) is 5.92 Å². The molecule has 2 fully saturated rings. The number of rotatable bonds is 4. The molecule has 1 N–H and O–H groups in total. The van der Waals surface area contributed by atoms with Crippen LogP contribution in [0.3, 0.4) is 0 Å². The predicted octanol–water partition coefficient (Wildman–Crippen LogP) is 2.18. The van der Waals surface area contributed by atoms with Gasteiger partial charge in [0, 0.05) is 6.04 Å². The monoisotopic (exact) mass is 258 g/mol. The maximum atomic E-state index is 12.3. The van der Waals surface area contributed by atoms with E-state index in [1.54, 1.807) is 0 Å². The third kappa shape index (κ3) is 2.66. The number of nitrogens with one attached hydrogen (secondary N) is 1. The highest BCUT2D eigenvalue weighted by molar-refractivity contribution is 5.84. The second kappa shape index (κ2) is 5.33. The molecule has 1 aromatic carbocycles. The van der Waals surface area contributed by atoms with E-state index in [1.165, 1.54) is 18.4 Å². The summed E-state index contributed by atoms with van der Waals surface area (Å²) in [5.41, 5.74) is 1.31. The fourth-order valence-electron chi connectivity index (χ4n) is 3.18. The van der Waals surface area contributed by atoms with Crippen LogP contribution in [0.25, 0.3) is 0 Å². The third-order valence-corrected chi connectivity index (χ3v) is 4.44. The van der Waals surface area contributed by atoms with Crippen molar-refractivity contribution in [2.24, 2.45) is 5.92 Å². The van der Waals surface area contributed by atoms with E-state index in [0.717, 1.165) is 25.4 Å². The minimum atomic E-state index is 0.0242. The highest BCUT2D eigenvalue weighted by atomic mass is 16.2. The van der Waals surface area contributed by atoms with Gasteiger partial charge in [0.05, 0.1) is 12.7 Å². The lowest BCUT2D eigenvalue weighted by Gasteiger charge is -2.39. The van der Waals surface area contributed by atoms with Crippen LogP contribution in [-0.4, -0.2) is 29.6 Å². The van der Waals surface area contributed by atoms with Crippen LogP contribution in [0.4, 0.5) is 0 Å².